The Labute approximate surface area is 306 Å². The monoisotopic (exact) mass is 740 g/mol. The number of rotatable bonds is 19. The van der Waals surface area contributed by atoms with Crippen molar-refractivity contribution in [1.82, 2.24) is 24.9 Å². The molecular formula is C37H52N6O8S. The molecule has 1 heterocycles. The summed E-state index contributed by atoms with van der Waals surface area (Å²) >= 11 is 0. The van der Waals surface area contributed by atoms with Gasteiger partial charge < -0.3 is 31.5 Å². The van der Waals surface area contributed by atoms with Crippen LogP contribution in [0.5, 0.6) is 0 Å². The quantitative estimate of drug-likeness (QED) is 0.113. The van der Waals surface area contributed by atoms with Crippen LogP contribution < -0.4 is 21.7 Å². The van der Waals surface area contributed by atoms with E-state index >= 15 is 0 Å². The molecule has 14 nitrogen and oxygen atoms in total. The minimum atomic E-state index is -3.90. The predicted molar refractivity (Wildman–Crippen MR) is 195 cm³/mol. The molecular weight excluding hydrogens is 689 g/mol. The van der Waals surface area contributed by atoms with Crippen LogP contribution in [0.25, 0.3) is 0 Å². The van der Waals surface area contributed by atoms with Gasteiger partial charge in [-0.15, -0.1) is 0 Å². The van der Waals surface area contributed by atoms with Gasteiger partial charge in [0, 0.05) is 19.0 Å². The molecule has 6 N–H and O–H groups in total. The maximum absolute atomic E-state index is 13.5. The number of hydrogen-bond acceptors (Lipinski definition) is 10. The number of hydrogen-bond donors (Lipinski definition) is 5. The maximum Gasteiger partial charge on any atom is 0.328 e. The summed E-state index contributed by atoms with van der Waals surface area (Å²) in [6.07, 6.45) is 1.62. The fraction of sp³-hybridized carbons (Fsp3) is 0.486. The van der Waals surface area contributed by atoms with E-state index in [-0.39, 0.29) is 35.3 Å². The molecule has 0 radical (unpaired) electrons. The fourth-order valence-electron chi connectivity index (χ4n) is 5.55. The van der Waals surface area contributed by atoms with Crippen LogP contribution >= 0.6 is 0 Å². The number of carbonyl (C=O) groups excluding carboxylic acids is 4. The van der Waals surface area contributed by atoms with Crippen molar-refractivity contribution >= 4 is 33.7 Å². The van der Waals surface area contributed by atoms with Crippen molar-refractivity contribution in [3.8, 4) is 0 Å². The Kier molecular flexibility index (Phi) is 15.5. The molecule has 15 heteroatoms. The molecule has 0 aliphatic heterocycles. The lowest BCUT2D eigenvalue weighted by Gasteiger charge is -2.29. The van der Waals surface area contributed by atoms with Crippen LogP contribution in [0.3, 0.4) is 0 Å². The van der Waals surface area contributed by atoms with Gasteiger partial charge in [-0.3, -0.25) is 14.4 Å². The molecule has 0 saturated heterocycles. The highest BCUT2D eigenvalue weighted by molar-refractivity contribution is 7.90. The number of methoxy groups -OCH3 is 1. The third-order valence-corrected chi connectivity index (χ3v) is 10.4. The van der Waals surface area contributed by atoms with Crippen molar-refractivity contribution in [3.63, 3.8) is 0 Å². The number of benzene rings is 2. The van der Waals surface area contributed by atoms with Crippen molar-refractivity contribution in [2.24, 2.45) is 17.6 Å². The number of esters is 1. The lowest BCUT2D eigenvalue weighted by Crippen LogP contribution is -2.56. The number of ether oxygens (including phenoxy) is 1. The molecule has 0 aliphatic rings. The van der Waals surface area contributed by atoms with Crippen molar-refractivity contribution in [2.75, 3.05) is 7.11 Å². The number of amides is 3. The molecule has 1 aromatic heterocycles. The Morgan fingerprint density at radius 1 is 0.942 bits per heavy atom. The zero-order valence-corrected chi connectivity index (χ0v) is 31.4. The van der Waals surface area contributed by atoms with Crippen LogP contribution in [0.1, 0.15) is 63.8 Å². The first-order chi connectivity index (χ1) is 24.5. The van der Waals surface area contributed by atoms with Crippen molar-refractivity contribution in [3.05, 3.63) is 83.9 Å². The van der Waals surface area contributed by atoms with Crippen LogP contribution in [0.15, 0.2) is 72.0 Å². The van der Waals surface area contributed by atoms with E-state index in [0.29, 0.717) is 12.8 Å². The van der Waals surface area contributed by atoms with Crippen LogP contribution in [-0.2, 0) is 46.8 Å². The number of nitrogens with two attached hydrogens (primary N) is 1. The predicted octanol–water partition coefficient (Wildman–Crippen LogP) is 2.01. The van der Waals surface area contributed by atoms with Crippen LogP contribution in [0.2, 0.25) is 0 Å². The van der Waals surface area contributed by atoms with E-state index in [2.05, 4.69) is 20.9 Å². The number of aryl methyl sites for hydroxylation is 1. The first kappa shape index (κ1) is 41.8. The smallest absolute Gasteiger partial charge is 0.328 e. The van der Waals surface area contributed by atoms with E-state index in [1.165, 1.54) is 25.4 Å². The number of aromatic nitrogens is 2. The molecule has 0 aliphatic carbocycles. The van der Waals surface area contributed by atoms with Gasteiger partial charge in [-0.1, -0.05) is 82.1 Å². The highest BCUT2D eigenvalue weighted by Gasteiger charge is 2.33. The molecule has 6 atom stereocenters. The standard InChI is InChI=1S/C37H52N6O8S/c1-7-25(5)34(36(47)41-31(37(48)51-6)18-26-11-9-8-10-12-26)42-33(45)20-32(44)30(17-23(2)3)40-35(46)29(38)19-27-21-43(22-39-27)52(49,50)28-15-13-24(4)14-16-28/h8-16,21-23,25,29-32,34,44H,7,17-20,38H2,1-6H3,(H,40,46)(H,41,47)(H,42,45)/t25-,29-,30-,31-,32-,34-/m0/s1. The van der Waals surface area contributed by atoms with Gasteiger partial charge in [0.05, 0.1) is 42.3 Å². The molecule has 3 rings (SSSR count). The third kappa shape index (κ3) is 12.0. The summed E-state index contributed by atoms with van der Waals surface area (Å²) in [6, 6.07) is 11.5. The van der Waals surface area contributed by atoms with Crippen molar-refractivity contribution < 1.29 is 37.4 Å². The molecule has 284 valence electrons. The van der Waals surface area contributed by atoms with E-state index in [0.717, 1.165) is 21.4 Å². The molecule has 0 bridgehead atoms. The Bertz CT molecular complexity index is 1750. The Morgan fingerprint density at radius 3 is 2.19 bits per heavy atom. The largest absolute Gasteiger partial charge is 0.467 e. The fourth-order valence-corrected chi connectivity index (χ4v) is 6.71. The summed E-state index contributed by atoms with van der Waals surface area (Å²) in [5.41, 5.74) is 8.18. The second-order valence-corrected chi connectivity index (χ2v) is 15.4. The Balaban J connectivity index is 1.65. The number of aliphatic hydroxyl groups excluding tert-OH is 1. The highest BCUT2D eigenvalue weighted by atomic mass is 32.2. The second-order valence-electron chi connectivity index (χ2n) is 13.5. The van der Waals surface area contributed by atoms with Gasteiger partial charge in [-0.25, -0.2) is 22.2 Å². The van der Waals surface area contributed by atoms with Gasteiger partial charge >= 0.3 is 5.97 Å². The first-order valence-corrected chi connectivity index (χ1v) is 18.8. The summed E-state index contributed by atoms with van der Waals surface area (Å²) in [7, 11) is -2.66. The van der Waals surface area contributed by atoms with Gasteiger partial charge in [0.15, 0.2) is 0 Å². The number of carbonyl (C=O) groups is 4. The summed E-state index contributed by atoms with van der Waals surface area (Å²) in [5.74, 6) is -2.76. The zero-order chi connectivity index (χ0) is 38.6. The molecule has 0 fully saturated rings. The second kappa shape index (κ2) is 19.3. The number of nitrogens with zero attached hydrogens (tertiary/aromatic N) is 2. The number of nitrogens with one attached hydrogen (secondary N) is 3. The normalized spacial score (nSPS) is 15.1. The minimum absolute atomic E-state index is 0.0143. The number of imidazole rings is 1. The topological polar surface area (TPSA) is 212 Å². The third-order valence-electron chi connectivity index (χ3n) is 8.78. The van der Waals surface area contributed by atoms with Crippen LogP contribution in [-0.4, -0.2) is 83.6 Å². The van der Waals surface area contributed by atoms with Gasteiger partial charge in [0.2, 0.25) is 17.7 Å². The first-order valence-electron chi connectivity index (χ1n) is 17.4. The van der Waals surface area contributed by atoms with E-state index in [9.17, 15) is 32.7 Å². The molecule has 0 spiro atoms. The van der Waals surface area contributed by atoms with Gasteiger partial charge in [-0.2, -0.15) is 0 Å². The average molecular weight is 741 g/mol. The maximum atomic E-state index is 13.5. The van der Waals surface area contributed by atoms with Gasteiger partial charge in [0.1, 0.15) is 18.4 Å². The summed E-state index contributed by atoms with van der Waals surface area (Å²) in [6.45, 7) is 9.28. The lowest BCUT2D eigenvalue weighted by molar-refractivity contribution is -0.145. The molecule has 2 aromatic carbocycles. The highest BCUT2D eigenvalue weighted by Crippen LogP contribution is 2.17. The molecule has 3 aromatic rings. The minimum Gasteiger partial charge on any atom is -0.467 e. The Morgan fingerprint density at radius 2 is 1.60 bits per heavy atom. The van der Waals surface area contributed by atoms with E-state index < -0.39 is 70.4 Å². The molecule has 52 heavy (non-hydrogen) atoms. The van der Waals surface area contributed by atoms with Crippen molar-refractivity contribution in [2.45, 2.75) is 102 Å². The van der Waals surface area contributed by atoms with Crippen molar-refractivity contribution in [1.29, 1.82) is 0 Å². The molecule has 0 unspecified atom stereocenters. The zero-order valence-electron chi connectivity index (χ0n) is 30.6. The summed E-state index contributed by atoms with van der Waals surface area (Å²) in [4.78, 5) is 56.7. The summed E-state index contributed by atoms with van der Waals surface area (Å²) in [5, 5.41) is 19.3. The molecule has 3 amide bonds. The van der Waals surface area contributed by atoms with E-state index in [1.807, 2.05) is 58.0 Å². The molecule has 0 saturated carbocycles. The van der Waals surface area contributed by atoms with E-state index in [4.69, 9.17) is 10.5 Å². The van der Waals surface area contributed by atoms with Crippen LogP contribution in [0.4, 0.5) is 0 Å². The summed E-state index contributed by atoms with van der Waals surface area (Å²) < 4.78 is 31.9. The lowest BCUT2D eigenvalue weighted by atomic mass is 9.95. The van der Waals surface area contributed by atoms with E-state index in [1.54, 1.807) is 19.1 Å². The number of aliphatic hydroxyl groups is 1. The Hall–Kier alpha value is -4.60. The van der Waals surface area contributed by atoms with Crippen LogP contribution in [0, 0.1) is 18.8 Å². The average Bonchev–Trinajstić information content (AvgIpc) is 3.59. The van der Waals surface area contributed by atoms with Gasteiger partial charge in [0.25, 0.3) is 10.0 Å². The van der Waals surface area contributed by atoms with Gasteiger partial charge in [-0.05, 0) is 42.9 Å². The SMILES string of the molecule is CC[C@H](C)[C@H](NC(=O)C[C@H](O)[C@H](CC(C)C)NC(=O)[C@@H](N)Cc1cn(S(=O)(=O)c2ccc(C)cc2)cn1)C(=O)N[C@@H](Cc1ccccc1)C(=O)OC.